The zero-order valence-corrected chi connectivity index (χ0v) is 20.4. The number of hydrogen-bond donors (Lipinski definition) is 2. The average Bonchev–Trinajstić information content (AvgIpc) is 3.34. The molecule has 0 aromatic heterocycles. The number of methoxy groups -OCH3 is 1. The van der Waals surface area contributed by atoms with Gasteiger partial charge in [-0.15, -0.1) is 0 Å². The van der Waals surface area contributed by atoms with Crippen molar-refractivity contribution in [2.24, 2.45) is 5.73 Å². The predicted octanol–water partition coefficient (Wildman–Crippen LogP) is 2.86. The quantitative estimate of drug-likeness (QED) is 0.498. The highest BCUT2D eigenvalue weighted by atomic mass is 16.7. The summed E-state index contributed by atoms with van der Waals surface area (Å²) in [4.78, 5) is 26.4. The molecule has 0 bridgehead atoms. The number of nitrogens with two attached hydrogens (primary N) is 1. The Balaban J connectivity index is 1.62. The van der Waals surface area contributed by atoms with E-state index >= 15 is 0 Å². The molecule has 3 aromatic rings. The first-order chi connectivity index (χ1) is 17.4. The van der Waals surface area contributed by atoms with Gasteiger partial charge in [0.15, 0.2) is 24.1 Å². The standard InChI is InChI=1S/C28H29N3O5/c1-31(16-22(29)32)14-13-20-15-21-26(36-17-35-21)27(34-2)23(20)25(31)28(33)30-24(18-9-5-3-6-10-18)19-11-7-4-8-12-19/h3-12,15,24-25H,13-14,16-17H2,1-2H3,(H2-,29,30,32,33)/p+1/t25-,31+/m1/s1. The molecule has 2 amide bonds. The van der Waals surface area contributed by atoms with E-state index in [9.17, 15) is 9.59 Å². The van der Waals surface area contributed by atoms with Gasteiger partial charge in [-0.2, -0.15) is 0 Å². The smallest absolute Gasteiger partial charge is 0.284 e. The summed E-state index contributed by atoms with van der Waals surface area (Å²) in [6.45, 7) is 0.650. The monoisotopic (exact) mass is 488 g/mol. The van der Waals surface area contributed by atoms with Crippen molar-refractivity contribution in [3.8, 4) is 17.2 Å². The van der Waals surface area contributed by atoms with Crippen molar-refractivity contribution in [2.45, 2.75) is 18.5 Å². The van der Waals surface area contributed by atoms with Crippen LogP contribution in [0.5, 0.6) is 17.2 Å². The third-order valence-electron chi connectivity index (χ3n) is 7.05. The molecule has 0 saturated heterocycles. The number of benzene rings is 3. The van der Waals surface area contributed by atoms with Gasteiger partial charge in [0.1, 0.15) is 0 Å². The SMILES string of the molecule is COc1c2c(cc3c1[C@H](C(=O)NC(c1ccccc1)c1ccccc1)[N@+](C)(CC(N)=O)CC3)OCO2. The van der Waals surface area contributed by atoms with Gasteiger partial charge in [-0.25, -0.2) is 0 Å². The van der Waals surface area contributed by atoms with Crippen LogP contribution < -0.4 is 25.3 Å². The number of hydrogen-bond acceptors (Lipinski definition) is 5. The largest absolute Gasteiger partial charge is 0.492 e. The molecular weight excluding hydrogens is 458 g/mol. The Hall–Kier alpha value is -4.04. The maximum Gasteiger partial charge on any atom is 0.284 e. The molecule has 8 nitrogen and oxygen atoms in total. The van der Waals surface area contributed by atoms with Crippen molar-refractivity contribution in [1.82, 2.24) is 5.32 Å². The van der Waals surface area contributed by atoms with E-state index in [1.165, 1.54) is 0 Å². The summed E-state index contributed by atoms with van der Waals surface area (Å²) in [5, 5.41) is 3.27. The molecule has 3 N–H and O–H groups in total. The normalized spacial score (nSPS) is 20.0. The van der Waals surface area contributed by atoms with Crippen LogP contribution in [0.2, 0.25) is 0 Å². The summed E-state index contributed by atoms with van der Waals surface area (Å²) in [5.41, 5.74) is 9.22. The van der Waals surface area contributed by atoms with E-state index in [0.29, 0.717) is 35.8 Å². The molecule has 2 aliphatic heterocycles. The van der Waals surface area contributed by atoms with Crippen LogP contribution >= 0.6 is 0 Å². The number of nitrogens with one attached hydrogen (secondary N) is 1. The molecule has 0 aliphatic carbocycles. The lowest BCUT2D eigenvalue weighted by atomic mass is 9.87. The van der Waals surface area contributed by atoms with Crippen molar-refractivity contribution in [3.05, 3.63) is 89.0 Å². The summed E-state index contributed by atoms with van der Waals surface area (Å²) >= 11 is 0. The fourth-order valence-electron chi connectivity index (χ4n) is 5.42. The van der Waals surface area contributed by atoms with E-state index in [-0.39, 0.29) is 29.8 Å². The fourth-order valence-corrected chi connectivity index (χ4v) is 5.42. The average molecular weight is 489 g/mol. The Labute approximate surface area is 210 Å². The number of carbonyl (C=O) groups excluding carboxylic acids is 2. The zero-order valence-electron chi connectivity index (χ0n) is 20.4. The first-order valence-corrected chi connectivity index (χ1v) is 11.9. The number of fused-ring (bicyclic) bond motifs is 2. The third kappa shape index (κ3) is 4.24. The van der Waals surface area contributed by atoms with Crippen LogP contribution in [0.15, 0.2) is 66.7 Å². The summed E-state index contributed by atoms with van der Waals surface area (Å²) in [7, 11) is 3.44. The van der Waals surface area contributed by atoms with Gasteiger partial charge in [0.25, 0.3) is 11.8 Å². The van der Waals surface area contributed by atoms with E-state index in [0.717, 1.165) is 16.7 Å². The minimum absolute atomic E-state index is 0.0104. The molecule has 36 heavy (non-hydrogen) atoms. The molecule has 0 radical (unpaired) electrons. The van der Waals surface area contributed by atoms with Crippen LogP contribution in [0.25, 0.3) is 0 Å². The minimum atomic E-state index is -0.749. The van der Waals surface area contributed by atoms with Crippen molar-refractivity contribution in [2.75, 3.05) is 34.0 Å². The lowest BCUT2D eigenvalue weighted by Crippen LogP contribution is -2.59. The van der Waals surface area contributed by atoms with E-state index in [2.05, 4.69) is 5.32 Å². The number of ether oxygens (including phenoxy) is 3. The molecule has 0 spiro atoms. The van der Waals surface area contributed by atoms with E-state index < -0.39 is 11.9 Å². The molecule has 0 fully saturated rings. The van der Waals surface area contributed by atoms with E-state index in [1.54, 1.807) is 7.11 Å². The number of likely N-dealkylation sites (N-methyl/N-ethyl adjacent to an activating group) is 1. The Morgan fingerprint density at radius 1 is 1.08 bits per heavy atom. The van der Waals surface area contributed by atoms with Crippen LogP contribution in [-0.2, 0) is 16.0 Å². The Bertz CT molecular complexity index is 1240. The first kappa shape index (κ1) is 23.7. The molecule has 2 heterocycles. The summed E-state index contributed by atoms with van der Waals surface area (Å²) < 4.78 is 17.2. The van der Waals surface area contributed by atoms with Gasteiger partial charge in [0.2, 0.25) is 12.5 Å². The molecule has 2 aliphatic rings. The summed E-state index contributed by atoms with van der Waals surface area (Å²) in [6, 6.07) is 20.4. The molecule has 0 saturated carbocycles. The van der Waals surface area contributed by atoms with E-state index in [4.69, 9.17) is 19.9 Å². The highest BCUT2D eigenvalue weighted by molar-refractivity contribution is 5.86. The lowest BCUT2D eigenvalue weighted by Gasteiger charge is -2.44. The van der Waals surface area contributed by atoms with Crippen molar-refractivity contribution >= 4 is 11.8 Å². The Kier molecular flexibility index (Phi) is 6.28. The number of nitrogens with zero attached hydrogens (tertiary/aromatic N) is 1. The highest BCUT2D eigenvalue weighted by Crippen LogP contribution is 2.51. The van der Waals surface area contributed by atoms with Gasteiger partial charge in [-0.05, 0) is 22.8 Å². The van der Waals surface area contributed by atoms with Gasteiger partial charge in [0, 0.05) is 6.42 Å². The number of quaternary nitrogens is 1. The maximum atomic E-state index is 14.3. The van der Waals surface area contributed by atoms with Gasteiger partial charge in [0.05, 0.1) is 32.3 Å². The predicted molar refractivity (Wildman–Crippen MR) is 134 cm³/mol. The second kappa shape index (κ2) is 9.54. The van der Waals surface area contributed by atoms with Crippen LogP contribution in [0.3, 0.4) is 0 Å². The summed E-state index contributed by atoms with van der Waals surface area (Å²) in [6.07, 6.45) is 0.636. The van der Waals surface area contributed by atoms with Gasteiger partial charge in [-0.1, -0.05) is 60.7 Å². The first-order valence-electron chi connectivity index (χ1n) is 11.9. The van der Waals surface area contributed by atoms with Crippen LogP contribution in [0, 0.1) is 0 Å². The zero-order chi connectivity index (χ0) is 25.3. The highest BCUT2D eigenvalue weighted by Gasteiger charge is 2.49. The minimum Gasteiger partial charge on any atom is -0.492 e. The molecule has 8 heteroatoms. The molecule has 3 aromatic carbocycles. The van der Waals surface area contributed by atoms with E-state index in [1.807, 2.05) is 73.8 Å². The molecular formula is C28H30N3O5+. The Morgan fingerprint density at radius 3 is 2.31 bits per heavy atom. The van der Waals surface area contributed by atoms with Gasteiger partial charge in [-0.3, -0.25) is 9.59 Å². The van der Waals surface area contributed by atoms with Crippen molar-refractivity contribution < 1.29 is 28.3 Å². The van der Waals surface area contributed by atoms with Crippen LogP contribution in [0.1, 0.15) is 34.3 Å². The second-order valence-electron chi connectivity index (χ2n) is 9.46. The number of carbonyl (C=O) groups is 2. The third-order valence-corrected chi connectivity index (χ3v) is 7.05. The number of amides is 2. The van der Waals surface area contributed by atoms with Crippen molar-refractivity contribution in [3.63, 3.8) is 0 Å². The Morgan fingerprint density at radius 2 is 1.72 bits per heavy atom. The fraction of sp³-hybridized carbons (Fsp3) is 0.286. The number of rotatable bonds is 7. The van der Waals surface area contributed by atoms with Gasteiger partial charge < -0.3 is 29.7 Å². The van der Waals surface area contributed by atoms with Crippen LogP contribution in [-0.4, -0.2) is 50.3 Å². The lowest BCUT2D eigenvalue weighted by molar-refractivity contribution is -0.924. The van der Waals surface area contributed by atoms with Crippen LogP contribution in [0.4, 0.5) is 0 Å². The van der Waals surface area contributed by atoms with Crippen molar-refractivity contribution in [1.29, 1.82) is 0 Å². The summed E-state index contributed by atoms with van der Waals surface area (Å²) in [5.74, 6) is 0.840. The molecule has 186 valence electrons. The topological polar surface area (TPSA) is 99.9 Å². The van der Waals surface area contributed by atoms with Gasteiger partial charge >= 0.3 is 0 Å². The molecule has 5 rings (SSSR count). The maximum absolute atomic E-state index is 14.3. The molecule has 2 atom stereocenters. The number of primary amides is 1. The molecule has 0 unspecified atom stereocenters. The second-order valence-corrected chi connectivity index (χ2v) is 9.46.